The Hall–Kier alpha value is -1.41. The monoisotopic (exact) mass is 244 g/mol. The number of rotatable bonds is 3. The summed E-state index contributed by atoms with van der Waals surface area (Å²) in [6.07, 6.45) is 3.67. The molecule has 0 saturated heterocycles. The molecule has 0 saturated carbocycles. The van der Waals surface area contributed by atoms with Crippen LogP contribution >= 0.6 is 0 Å². The lowest BCUT2D eigenvalue weighted by molar-refractivity contribution is -0.0345. The maximum atomic E-state index is 12.6. The van der Waals surface area contributed by atoms with E-state index in [4.69, 9.17) is 0 Å². The Morgan fingerprint density at radius 3 is 2.50 bits per heavy atom. The molecule has 1 aliphatic rings. The van der Waals surface area contributed by atoms with Crippen molar-refractivity contribution in [1.29, 1.82) is 0 Å². The molecule has 1 N–H and O–H groups in total. The van der Waals surface area contributed by atoms with E-state index in [0.717, 1.165) is 24.8 Å². The van der Waals surface area contributed by atoms with Gasteiger partial charge in [0.15, 0.2) is 11.4 Å². The Morgan fingerprint density at radius 1 is 1.33 bits per heavy atom. The predicted molar refractivity (Wildman–Crippen MR) is 72.6 cm³/mol. The molecule has 2 rings (SSSR count). The Bertz CT molecular complexity index is 486. The minimum absolute atomic E-state index is 0.206. The van der Waals surface area contributed by atoms with Crippen LogP contribution in [0.25, 0.3) is 0 Å². The van der Waals surface area contributed by atoms with E-state index in [9.17, 15) is 9.90 Å². The van der Waals surface area contributed by atoms with E-state index in [2.05, 4.69) is 6.58 Å². The average Bonchev–Trinajstić information content (AvgIpc) is 2.43. The van der Waals surface area contributed by atoms with Crippen molar-refractivity contribution in [3.8, 4) is 0 Å². The summed E-state index contributed by atoms with van der Waals surface area (Å²) in [7, 11) is 0. The first-order valence-corrected chi connectivity index (χ1v) is 6.53. The van der Waals surface area contributed by atoms with Crippen molar-refractivity contribution >= 4 is 5.78 Å². The number of ketones is 1. The summed E-state index contributed by atoms with van der Waals surface area (Å²) in [5.41, 5.74) is -0.194. The fourth-order valence-electron chi connectivity index (χ4n) is 3.19. The van der Waals surface area contributed by atoms with Gasteiger partial charge in [-0.1, -0.05) is 50.8 Å². The maximum absolute atomic E-state index is 12.6. The smallest absolute Gasteiger partial charge is 0.199 e. The van der Waals surface area contributed by atoms with Gasteiger partial charge in [-0.2, -0.15) is 0 Å². The third-order valence-corrected chi connectivity index (χ3v) is 4.59. The van der Waals surface area contributed by atoms with Crippen molar-refractivity contribution in [3.05, 3.63) is 48.0 Å². The lowest BCUT2D eigenvalue weighted by Crippen LogP contribution is -2.56. The maximum Gasteiger partial charge on any atom is 0.199 e. The Labute approximate surface area is 108 Å². The minimum atomic E-state index is -1.44. The number of Topliss-reactive ketones (excluding diaryl/α,β-unsaturated/α-hetero) is 1. The molecule has 0 amide bonds. The van der Waals surface area contributed by atoms with Crippen molar-refractivity contribution in [2.75, 3.05) is 0 Å². The number of fused-ring (bicyclic) bond motifs is 1. The van der Waals surface area contributed by atoms with Gasteiger partial charge in [0.1, 0.15) is 0 Å². The fourth-order valence-corrected chi connectivity index (χ4v) is 3.19. The number of aliphatic hydroxyl groups is 1. The number of benzene rings is 1. The average molecular weight is 244 g/mol. The van der Waals surface area contributed by atoms with Crippen LogP contribution in [-0.2, 0) is 6.42 Å². The molecular formula is C16H20O2. The molecule has 0 heterocycles. The van der Waals surface area contributed by atoms with E-state index in [-0.39, 0.29) is 5.78 Å². The fraction of sp³-hybridized carbons (Fsp3) is 0.438. The topological polar surface area (TPSA) is 37.3 Å². The first kappa shape index (κ1) is 13.0. The van der Waals surface area contributed by atoms with Crippen LogP contribution in [0.15, 0.2) is 36.9 Å². The lowest BCUT2D eigenvalue weighted by Gasteiger charge is -2.47. The molecule has 2 nitrogen and oxygen atoms in total. The normalized spacial score (nSPS) is 25.6. The van der Waals surface area contributed by atoms with Gasteiger partial charge in [0.25, 0.3) is 0 Å². The summed E-state index contributed by atoms with van der Waals surface area (Å²) < 4.78 is 0. The first-order chi connectivity index (χ1) is 8.54. The van der Waals surface area contributed by atoms with Crippen LogP contribution in [-0.4, -0.2) is 16.5 Å². The van der Waals surface area contributed by atoms with Gasteiger partial charge >= 0.3 is 0 Å². The number of carbonyl (C=O) groups is 1. The Balaban J connectivity index is 2.67. The standard InChI is InChI=1S/C16H20O2/c1-4-15(5-2)11-12-9-7-8-10-13(12)14(17)16(15,18)6-3/h6-10,18H,3-5,11H2,1-2H3. The predicted octanol–water partition coefficient (Wildman–Crippen LogP) is 3.15. The molecule has 96 valence electrons. The highest BCUT2D eigenvalue weighted by Gasteiger charge is 2.54. The summed E-state index contributed by atoms with van der Waals surface area (Å²) in [6, 6.07) is 7.56. The van der Waals surface area contributed by atoms with Crippen molar-refractivity contribution in [2.45, 2.75) is 38.7 Å². The summed E-state index contributed by atoms with van der Waals surface area (Å²) in [5, 5.41) is 10.8. The van der Waals surface area contributed by atoms with Crippen LogP contribution < -0.4 is 0 Å². The van der Waals surface area contributed by atoms with Gasteiger partial charge in [-0.25, -0.2) is 0 Å². The van der Waals surface area contributed by atoms with Crippen LogP contribution in [0.4, 0.5) is 0 Å². The lowest BCUT2D eigenvalue weighted by atomic mass is 9.58. The first-order valence-electron chi connectivity index (χ1n) is 6.53. The largest absolute Gasteiger partial charge is 0.377 e. The molecule has 0 fully saturated rings. The van der Waals surface area contributed by atoms with E-state index < -0.39 is 11.0 Å². The highest BCUT2D eigenvalue weighted by atomic mass is 16.3. The second-order valence-electron chi connectivity index (χ2n) is 5.12. The second kappa shape index (κ2) is 4.36. The van der Waals surface area contributed by atoms with E-state index in [1.807, 2.05) is 32.0 Å². The molecule has 1 atom stereocenters. The SMILES string of the molecule is C=CC1(O)C(=O)c2ccccc2CC1(CC)CC. The van der Waals surface area contributed by atoms with Crippen LogP contribution in [0.3, 0.4) is 0 Å². The highest BCUT2D eigenvalue weighted by Crippen LogP contribution is 2.48. The minimum Gasteiger partial charge on any atom is -0.377 e. The third-order valence-electron chi connectivity index (χ3n) is 4.59. The number of carbonyl (C=O) groups excluding carboxylic acids is 1. The molecule has 0 bridgehead atoms. The van der Waals surface area contributed by atoms with E-state index in [1.165, 1.54) is 6.08 Å². The van der Waals surface area contributed by atoms with Gasteiger partial charge in [0.2, 0.25) is 0 Å². The summed E-state index contributed by atoms with van der Waals surface area (Å²) >= 11 is 0. The molecule has 1 aromatic rings. The molecule has 18 heavy (non-hydrogen) atoms. The van der Waals surface area contributed by atoms with E-state index in [0.29, 0.717) is 5.56 Å². The Morgan fingerprint density at radius 2 is 1.94 bits per heavy atom. The Kier molecular flexibility index (Phi) is 3.16. The van der Waals surface area contributed by atoms with Gasteiger partial charge in [0.05, 0.1) is 0 Å². The summed E-state index contributed by atoms with van der Waals surface area (Å²) in [6.45, 7) is 7.75. The molecule has 1 aliphatic carbocycles. The van der Waals surface area contributed by atoms with Gasteiger partial charge in [-0.15, -0.1) is 0 Å². The van der Waals surface area contributed by atoms with E-state index in [1.54, 1.807) is 6.07 Å². The summed E-state index contributed by atoms with van der Waals surface area (Å²) in [4.78, 5) is 12.6. The van der Waals surface area contributed by atoms with Crippen LogP contribution in [0.2, 0.25) is 0 Å². The zero-order valence-corrected chi connectivity index (χ0v) is 11.1. The van der Waals surface area contributed by atoms with Crippen molar-refractivity contribution in [1.82, 2.24) is 0 Å². The van der Waals surface area contributed by atoms with Gasteiger partial charge in [0, 0.05) is 11.0 Å². The van der Waals surface area contributed by atoms with Crippen LogP contribution in [0.5, 0.6) is 0 Å². The number of hydrogen-bond acceptors (Lipinski definition) is 2. The van der Waals surface area contributed by atoms with Gasteiger partial charge in [-0.05, 0) is 24.8 Å². The zero-order chi connectivity index (χ0) is 13.4. The molecule has 0 radical (unpaired) electrons. The molecule has 0 spiro atoms. The van der Waals surface area contributed by atoms with Crippen LogP contribution in [0.1, 0.15) is 42.6 Å². The van der Waals surface area contributed by atoms with E-state index >= 15 is 0 Å². The van der Waals surface area contributed by atoms with Crippen molar-refractivity contribution < 1.29 is 9.90 Å². The molecule has 2 heteroatoms. The molecule has 1 unspecified atom stereocenters. The van der Waals surface area contributed by atoms with Crippen LogP contribution in [0, 0.1) is 5.41 Å². The molecule has 0 aliphatic heterocycles. The van der Waals surface area contributed by atoms with Gasteiger partial charge in [-0.3, -0.25) is 4.79 Å². The molecule has 1 aromatic carbocycles. The zero-order valence-electron chi connectivity index (χ0n) is 11.1. The van der Waals surface area contributed by atoms with Crippen molar-refractivity contribution in [2.24, 2.45) is 5.41 Å². The summed E-state index contributed by atoms with van der Waals surface area (Å²) in [5.74, 6) is -0.206. The second-order valence-corrected chi connectivity index (χ2v) is 5.12. The molecule has 0 aromatic heterocycles. The third kappa shape index (κ3) is 1.49. The van der Waals surface area contributed by atoms with Gasteiger partial charge < -0.3 is 5.11 Å². The highest BCUT2D eigenvalue weighted by molar-refractivity contribution is 6.06. The molecular weight excluding hydrogens is 224 g/mol. The van der Waals surface area contributed by atoms with Crippen molar-refractivity contribution in [3.63, 3.8) is 0 Å². The number of hydrogen-bond donors (Lipinski definition) is 1. The quantitative estimate of drug-likeness (QED) is 0.829.